The third-order valence-electron chi connectivity index (χ3n) is 1.45. The van der Waals surface area contributed by atoms with Gasteiger partial charge in [0, 0.05) is 18.8 Å². The predicted octanol–water partition coefficient (Wildman–Crippen LogP) is 1.37. The fraction of sp³-hybridized carbons (Fsp3) is 0.571. The van der Waals surface area contributed by atoms with Gasteiger partial charge in [0.1, 0.15) is 0 Å². The van der Waals surface area contributed by atoms with Crippen LogP contribution in [-0.4, -0.2) is 22.8 Å². The maximum absolute atomic E-state index is 11.7. The van der Waals surface area contributed by atoms with Gasteiger partial charge < -0.3 is 4.74 Å². The van der Waals surface area contributed by atoms with Gasteiger partial charge in [-0.2, -0.15) is 0 Å². The molecule has 0 amide bonds. The number of hydrogen-bond acceptors (Lipinski definition) is 2. The zero-order valence-electron chi connectivity index (χ0n) is 6.92. The van der Waals surface area contributed by atoms with Crippen LogP contribution in [0.3, 0.4) is 0 Å². The molecule has 0 aliphatic carbocycles. The number of aryl methyl sites for hydroxylation is 2. The predicted molar refractivity (Wildman–Crippen MR) is 39.4 cm³/mol. The molecular weight excluding hydrogens is 166 g/mol. The lowest BCUT2D eigenvalue weighted by Crippen LogP contribution is -2.07. The highest BCUT2D eigenvalue weighted by molar-refractivity contribution is 5.13. The minimum absolute atomic E-state index is 0.246. The molecule has 0 saturated carbocycles. The van der Waals surface area contributed by atoms with Gasteiger partial charge in [0.25, 0.3) is 6.43 Å². The van der Waals surface area contributed by atoms with Crippen LogP contribution in [0.15, 0.2) is 6.07 Å². The van der Waals surface area contributed by atoms with Crippen molar-refractivity contribution < 1.29 is 13.5 Å². The van der Waals surface area contributed by atoms with Crippen molar-refractivity contribution >= 4 is 0 Å². The van der Waals surface area contributed by atoms with Crippen LogP contribution in [0, 0.1) is 6.92 Å². The molecule has 0 aliphatic heterocycles. The highest BCUT2D eigenvalue weighted by Gasteiger charge is 2.06. The number of hydrogen-bond donors (Lipinski definition) is 0. The van der Waals surface area contributed by atoms with E-state index in [0.717, 1.165) is 5.69 Å². The Balaban J connectivity index is 2.53. The van der Waals surface area contributed by atoms with E-state index in [1.807, 2.05) is 6.92 Å². The van der Waals surface area contributed by atoms with E-state index in [4.69, 9.17) is 0 Å². The Kier molecular flexibility index (Phi) is 2.62. The maximum atomic E-state index is 11.7. The lowest BCUT2D eigenvalue weighted by Gasteiger charge is -1.99. The first-order valence-corrected chi connectivity index (χ1v) is 3.51. The SMILES string of the molecule is Cc1cc(OCC(F)F)nn1C. The highest BCUT2D eigenvalue weighted by Crippen LogP contribution is 2.10. The summed E-state index contributed by atoms with van der Waals surface area (Å²) in [5.74, 6) is 0.246. The molecule has 12 heavy (non-hydrogen) atoms. The van der Waals surface area contributed by atoms with Gasteiger partial charge in [-0.3, -0.25) is 4.68 Å². The molecule has 0 aliphatic rings. The van der Waals surface area contributed by atoms with E-state index in [0.29, 0.717) is 0 Å². The normalized spacial score (nSPS) is 10.8. The van der Waals surface area contributed by atoms with Gasteiger partial charge in [-0.1, -0.05) is 0 Å². The van der Waals surface area contributed by atoms with E-state index >= 15 is 0 Å². The van der Waals surface area contributed by atoms with Crippen LogP contribution >= 0.6 is 0 Å². The molecule has 0 aromatic carbocycles. The zero-order chi connectivity index (χ0) is 9.14. The quantitative estimate of drug-likeness (QED) is 0.695. The summed E-state index contributed by atoms with van der Waals surface area (Å²) in [7, 11) is 1.73. The maximum Gasteiger partial charge on any atom is 0.272 e. The monoisotopic (exact) mass is 176 g/mol. The summed E-state index contributed by atoms with van der Waals surface area (Å²) in [5.41, 5.74) is 0.874. The Morgan fingerprint density at radius 1 is 1.67 bits per heavy atom. The smallest absolute Gasteiger partial charge is 0.272 e. The van der Waals surface area contributed by atoms with Gasteiger partial charge in [-0.05, 0) is 6.92 Å². The van der Waals surface area contributed by atoms with E-state index in [1.54, 1.807) is 17.8 Å². The Morgan fingerprint density at radius 3 is 2.75 bits per heavy atom. The molecule has 0 radical (unpaired) electrons. The second-order valence-corrected chi connectivity index (χ2v) is 2.45. The first-order chi connectivity index (χ1) is 5.59. The summed E-state index contributed by atoms with van der Waals surface area (Å²) < 4.78 is 29.6. The topological polar surface area (TPSA) is 27.1 Å². The summed E-state index contributed by atoms with van der Waals surface area (Å²) in [6.45, 7) is 1.22. The van der Waals surface area contributed by atoms with E-state index in [1.165, 1.54) is 0 Å². The number of ether oxygens (including phenoxy) is 1. The third kappa shape index (κ3) is 2.18. The molecule has 0 bridgehead atoms. The minimum Gasteiger partial charge on any atom is -0.471 e. The van der Waals surface area contributed by atoms with Crippen LogP contribution in [-0.2, 0) is 7.05 Å². The van der Waals surface area contributed by atoms with Crippen molar-refractivity contribution in [3.63, 3.8) is 0 Å². The van der Waals surface area contributed by atoms with Crippen molar-refractivity contribution in [2.45, 2.75) is 13.3 Å². The molecule has 0 atom stereocenters. The van der Waals surface area contributed by atoms with Gasteiger partial charge in [0.05, 0.1) is 0 Å². The molecule has 1 aromatic heterocycles. The van der Waals surface area contributed by atoms with Crippen molar-refractivity contribution in [3.05, 3.63) is 11.8 Å². The number of halogens is 2. The second-order valence-electron chi connectivity index (χ2n) is 2.45. The molecule has 0 fully saturated rings. The Labute approximate surface area is 68.9 Å². The lowest BCUT2D eigenvalue weighted by molar-refractivity contribution is 0.0793. The molecule has 1 rings (SSSR count). The molecular formula is C7H10F2N2O. The van der Waals surface area contributed by atoms with Crippen LogP contribution in [0.1, 0.15) is 5.69 Å². The van der Waals surface area contributed by atoms with Crippen molar-refractivity contribution in [2.24, 2.45) is 7.05 Å². The fourth-order valence-electron chi connectivity index (χ4n) is 0.747. The average Bonchev–Trinajstić information content (AvgIpc) is 2.28. The summed E-state index contributed by atoms with van der Waals surface area (Å²) in [6.07, 6.45) is -2.45. The number of rotatable bonds is 3. The van der Waals surface area contributed by atoms with Crippen molar-refractivity contribution in [1.82, 2.24) is 9.78 Å². The van der Waals surface area contributed by atoms with Gasteiger partial charge in [-0.25, -0.2) is 8.78 Å². The number of alkyl halides is 2. The first-order valence-electron chi connectivity index (χ1n) is 3.51. The summed E-state index contributed by atoms with van der Waals surface area (Å²) in [6, 6.07) is 1.61. The number of aromatic nitrogens is 2. The van der Waals surface area contributed by atoms with E-state index in [2.05, 4.69) is 9.84 Å². The molecule has 1 aromatic rings. The lowest BCUT2D eigenvalue weighted by atomic mass is 10.5. The fourth-order valence-corrected chi connectivity index (χ4v) is 0.747. The molecule has 68 valence electrons. The summed E-state index contributed by atoms with van der Waals surface area (Å²) in [5, 5.41) is 3.84. The Bertz CT molecular complexity index is 240. The van der Waals surface area contributed by atoms with Crippen molar-refractivity contribution in [2.75, 3.05) is 6.61 Å². The Hall–Kier alpha value is -1.13. The van der Waals surface area contributed by atoms with Gasteiger partial charge in [-0.15, -0.1) is 5.10 Å². The first kappa shape index (κ1) is 8.96. The van der Waals surface area contributed by atoms with Gasteiger partial charge >= 0.3 is 0 Å². The van der Waals surface area contributed by atoms with E-state index in [9.17, 15) is 8.78 Å². The summed E-state index contributed by atoms with van der Waals surface area (Å²) in [4.78, 5) is 0. The van der Waals surface area contributed by atoms with E-state index < -0.39 is 13.0 Å². The van der Waals surface area contributed by atoms with Crippen molar-refractivity contribution in [1.29, 1.82) is 0 Å². The molecule has 0 N–H and O–H groups in total. The molecule has 0 spiro atoms. The average molecular weight is 176 g/mol. The van der Waals surface area contributed by atoms with Crippen LogP contribution in [0.25, 0.3) is 0 Å². The van der Waals surface area contributed by atoms with Crippen molar-refractivity contribution in [3.8, 4) is 5.88 Å². The van der Waals surface area contributed by atoms with Crippen LogP contribution < -0.4 is 4.74 Å². The molecule has 1 heterocycles. The summed E-state index contributed by atoms with van der Waals surface area (Å²) >= 11 is 0. The zero-order valence-corrected chi connectivity index (χ0v) is 6.92. The minimum atomic E-state index is -2.45. The van der Waals surface area contributed by atoms with Crippen LogP contribution in [0.2, 0.25) is 0 Å². The van der Waals surface area contributed by atoms with Gasteiger partial charge in [0.2, 0.25) is 5.88 Å². The largest absolute Gasteiger partial charge is 0.471 e. The van der Waals surface area contributed by atoms with Crippen LogP contribution in [0.5, 0.6) is 5.88 Å². The van der Waals surface area contributed by atoms with Crippen LogP contribution in [0.4, 0.5) is 8.78 Å². The Morgan fingerprint density at radius 2 is 2.33 bits per heavy atom. The second kappa shape index (κ2) is 3.51. The van der Waals surface area contributed by atoms with Gasteiger partial charge in [0.15, 0.2) is 6.61 Å². The third-order valence-corrected chi connectivity index (χ3v) is 1.45. The molecule has 0 unspecified atom stereocenters. The molecule has 3 nitrogen and oxygen atoms in total. The van der Waals surface area contributed by atoms with E-state index in [-0.39, 0.29) is 5.88 Å². The molecule has 5 heteroatoms. The number of nitrogens with zero attached hydrogens (tertiary/aromatic N) is 2. The molecule has 0 saturated heterocycles. The standard InChI is InChI=1S/C7H10F2N2O/c1-5-3-7(10-11(5)2)12-4-6(8)9/h3,6H,4H2,1-2H3. The highest BCUT2D eigenvalue weighted by atomic mass is 19.3.